The first kappa shape index (κ1) is 19.3. The lowest BCUT2D eigenvalue weighted by molar-refractivity contribution is -0.119. The number of hydrogen-bond acceptors (Lipinski definition) is 4. The van der Waals surface area contributed by atoms with Crippen LogP contribution in [0.2, 0.25) is 0 Å². The van der Waals surface area contributed by atoms with E-state index in [-0.39, 0.29) is 12.0 Å². The quantitative estimate of drug-likeness (QED) is 0.713. The highest BCUT2D eigenvalue weighted by Gasteiger charge is 2.15. The van der Waals surface area contributed by atoms with Crippen molar-refractivity contribution < 1.29 is 14.3 Å². The second kappa shape index (κ2) is 10.0. The van der Waals surface area contributed by atoms with E-state index in [4.69, 9.17) is 21.7 Å². The lowest BCUT2D eigenvalue weighted by atomic mass is 10.1. The molecule has 1 aliphatic rings. The maximum Gasteiger partial charge on any atom is 0.226 e. The van der Waals surface area contributed by atoms with Crippen molar-refractivity contribution in [3.8, 4) is 5.75 Å². The summed E-state index contributed by atoms with van der Waals surface area (Å²) >= 11 is 5.21. The predicted octanol–water partition coefficient (Wildman–Crippen LogP) is 3.69. The predicted molar refractivity (Wildman–Crippen MR) is 110 cm³/mol. The molecule has 2 aromatic rings. The SMILES string of the molecule is O=C(CCc1ccccc1)NC(=S)Nc1ccc(OC[C@@H]2CCCO2)cc1. The van der Waals surface area contributed by atoms with E-state index in [0.717, 1.165) is 36.4 Å². The van der Waals surface area contributed by atoms with Crippen LogP contribution < -0.4 is 15.4 Å². The molecule has 1 fully saturated rings. The molecule has 0 unspecified atom stereocenters. The van der Waals surface area contributed by atoms with E-state index < -0.39 is 0 Å². The van der Waals surface area contributed by atoms with Gasteiger partial charge in [0.2, 0.25) is 5.91 Å². The molecule has 27 heavy (non-hydrogen) atoms. The average Bonchev–Trinajstić information content (AvgIpc) is 3.20. The third-order valence-corrected chi connectivity index (χ3v) is 4.51. The second-order valence-corrected chi connectivity index (χ2v) is 6.87. The smallest absolute Gasteiger partial charge is 0.226 e. The van der Waals surface area contributed by atoms with E-state index in [0.29, 0.717) is 24.6 Å². The number of rotatable bonds is 7. The minimum atomic E-state index is -0.104. The molecule has 0 aliphatic carbocycles. The van der Waals surface area contributed by atoms with Crippen molar-refractivity contribution in [3.05, 3.63) is 60.2 Å². The van der Waals surface area contributed by atoms with Crippen LogP contribution in [0.25, 0.3) is 0 Å². The van der Waals surface area contributed by atoms with Crippen molar-refractivity contribution in [2.75, 3.05) is 18.5 Å². The molecule has 6 heteroatoms. The monoisotopic (exact) mass is 384 g/mol. The van der Waals surface area contributed by atoms with Crippen LogP contribution in [0, 0.1) is 0 Å². The van der Waals surface area contributed by atoms with Crippen LogP contribution in [-0.2, 0) is 16.0 Å². The molecule has 1 saturated heterocycles. The molecule has 5 nitrogen and oxygen atoms in total. The average molecular weight is 385 g/mol. The Bertz CT molecular complexity index is 744. The highest BCUT2D eigenvalue weighted by Crippen LogP contribution is 2.18. The fourth-order valence-electron chi connectivity index (χ4n) is 2.85. The first-order valence-corrected chi connectivity index (χ1v) is 9.59. The van der Waals surface area contributed by atoms with Gasteiger partial charge in [0.1, 0.15) is 12.4 Å². The van der Waals surface area contributed by atoms with Crippen LogP contribution in [-0.4, -0.2) is 30.3 Å². The zero-order valence-corrected chi connectivity index (χ0v) is 16.0. The lowest BCUT2D eigenvalue weighted by Gasteiger charge is -2.13. The van der Waals surface area contributed by atoms with E-state index in [1.54, 1.807) is 0 Å². The van der Waals surface area contributed by atoms with Crippen LogP contribution >= 0.6 is 12.2 Å². The van der Waals surface area contributed by atoms with Gasteiger partial charge >= 0.3 is 0 Å². The van der Waals surface area contributed by atoms with Gasteiger partial charge in [0.15, 0.2) is 5.11 Å². The van der Waals surface area contributed by atoms with Crippen LogP contribution in [0.1, 0.15) is 24.8 Å². The second-order valence-electron chi connectivity index (χ2n) is 6.46. The molecule has 1 heterocycles. The van der Waals surface area contributed by atoms with Gasteiger partial charge in [-0.2, -0.15) is 0 Å². The molecule has 2 N–H and O–H groups in total. The van der Waals surface area contributed by atoms with Crippen molar-refractivity contribution in [2.24, 2.45) is 0 Å². The Morgan fingerprint density at radius 1 is 1.15 bits per heavy atom. The summed E-state index contributed by atoms with van der Waals surface area (Å²) in [5, 5.41) is 6.02. The molecule has 0 aromatic heterocycles. The number of anilines is 1. The topological polar surface area (TPSA) is 59.6 Å². The first-order chi connectivity index (χ1) is 13.2. The molecule has 0 bridgehead atoms. The molecular weight excluding hydrogens is 360 g/mol. The summed E-state index contributed by atoms with van der Waals surface area (Å²) in [4.78, 5) is 12.0. The molecule has 0 radical (unpaired) electrons. The molecule has 142 valence electrons. The van der Waals surface area contributed by atoms with E-state index in [1.165, 1.54) is 0 Å². The fourth-order valence-corrected chi connectivity index (χ4v) is 3.09. The standard InChI is InChI=1S/C21H24N2O3S/c24-20(13-8-16-5-2-1-3-6-16)23-21(27)22-17-9-11-18(12-10-17)26-15-19-7-4-14-25-19/h1-3,5-6,9-12,19H,4,7-8,13-15H2,(H2,22,23,24,27)/t19-/m0/s1. The number of hydrogen-bond donors (Lipinski definition) is 2. The van der Waals surface area contributed by atoms with Crippen molar-refractivity contribution in [1.29, 1.82) is 0 Å². The van der Waals surface area contributed by atoms with Crippen LogP contribution in [0.4, 0.5) is 5.69 Å². The summed E-state index contributed by atoms with van der Waals surface area (Å²) in [5.74, 6) is 0.682. The Morgan fingerprint density at radius 3 is 2.63 bits per heavy atom. The van der Waals surface area contributed by atoms with Crippen LogP contribution in [0.5, 0.6) is 5.75 Å². The Kier molecular flexibility index (Phi) is 7.19. The molecule has 0 spiro atoms. The summed E-state index contributed by atoms with van der Waals surface area (Å²) in [6, 6.07) is 17.4. The minimum absolute atomic E-state index is 0.104. The highest BCUT2D eigenvalue weighted by atomic mass is 32.1. The Labute approximate surface area is 165 Å². The Balaban J connectivity index is 1.38. The van der Waals surface area contributed by atoms with E-state index in [9.17, 15) is 4.79 Å². The maximum atomic E-state index is 12.0. The van der Waals surface area contributed by atoms with Crippen LogP contribution in [0.3, 0.4) is 0 Å². The number of thiocarbonyl (C=S) groups is 1. The highest BCUT2D eigenvalue weighted by molar-refractivity contribution is 7.80. The number of benzene rings is 2. The van der Waals surface area contributed by atoms with Gasteiger partial charge in [-0.05, 0) is 61.3 Å². The Morgan fingerprint density at radius 2 is 1.93 bits per heavy atom. The third kappa shape index (κ3) is 6.66. The van der Waals surface area contributed by atoms with E-state index in [2.05, 4.69) is 10.6 Å². The molecule has 1 amide bonds. The van der Waals surface area contributed by atoms with Gasteiger partial charge in [-0.15, -0.1) is 0 Å². The molecular formula is C21H24N2O3S. The van der Waals surface area contributed by atoms with Crippen molar-refractivity contribution >= 4 is 28.9 Å². The van der Waals surface area contributed by atoms with Gasteiger partial charge in [0.05, 0.1) is 6.10 Å². The summed E-state index contributed by atoms with van der Waals surface area (Å²) in [5.41, 5.74) is 1.93. The molecule has 2 aromatic carbocycles. The van der Waals surface area contributed by atoms with Gasteiger partial charge in [-0.3, -0.25) is 4.79 Å². The van der Waals surface area contributed by atoms with Gasteiger partial charge in [-0.1, -0.05) is 30.3 Å². The van der Waals surface area contributed by atoms with E-state index >= 15 is 0 Å². The number of ether oxygens (including phenoxy) is 2. The largest absolute Gasteiger partial charge is 0.491 e. The number of nitrogens with one attached hydrogen (secondary N) is 2. The Hall–Kier alpha value is -2.44. The number of amides is 1. The van der Waals surface area contributed by atoms with Crippen molar-refractivity contribution in [3.63, 3.8) is 0 Å². The van der Waals surface area contributed by atoms with Gasteiger partial charge < -0.3 is 20.1 Å². The molecule has 0 saturated carbocycles. The van der Waals surface area contributed by atoms with Gasteiger partial charge in [0.25, 0.3) is 0 Å². The summed E-state index contributed by atoms with van der Waals surface area (Å²) in [6.45, 7) is 1.40. The normalized spacial score (nSPS) is 15.9. The lowest BCUT2D eigenvalue weighted by Crippen LogP contribution is -2.34. The number of carbonyl (C=O) groups is 1. The zero-order valence-electron chi connectivity index (χ0n) is 15.1. The first-order valence-electron chi connectivity index (χ1n) is 9.18. The fraction of sp³-hybridized carbons (Fsp3) is 0.333. The molecule has 1 aliphatic heterocycles. The van der Waals surface area contributed by atoms with E-state index in [1.807, 2.05) is 54.6 Å². The zero-order chi connectivity index (χ0) is 18.9. The summed E-state index contributed by atoms with van der Waals surface area (Å²) in [6.07, 6.45) is 3.43. The molecule has 1 atom stereocenters. The summed E-state index contributed by atoms with van der Waals surface area (Å²) < 4.78 is 11.3. The van der Waals surface area contributed by atoms with Crippen molar-refractivity contribution in [2.45, 2.75) is 31.8 Å². The van der Waals surface area contributed by atoms with Gasteiger partial charge in [-0.25, -0.2) is 0 Å². The minimum Gasteiger partial charge on any atom is -0.491 e. The maximum absolute atomic E-state index is 12.0. The number of carbonyl (C=O) groups excluding carboxylic acids is 1. The third-order valence-electron chi connectivity index (χ3n) is 4.31. The van der Waals surface area contributed by atoms with Crippen molar-refractivity contribution in [1.82, 2.24) is 5.32 Å². The summed E-state index contributed by atoms with van der Waals surface area (Å²) in [7, 11) is 0. The number of aryl methyl sites for hydroxylation is 1. The molecule has 3 rings (SSSR count). The van der Waals surface area contributed by atoms with Gasteiger partial charge in [0, 0.05) is 18.7 Å². The van der Waals surface area contributed by atoms with Crippen LogP contribution in [0.15, 0.2) is 54.6 Å².